The van der Waals surface area contributed by atoms with Gasteiger partial charge in [0.05, 0.1) is 13.2 Å². The van der Waals surface area contributed by atoms with Crippen LogP contribution in [0.3, 0.4) is 0 Å². The van der Waals surface area contributed by atoms with Crippen LogP contribution in [-0.2, 0) is 19.2 Å². The van der Waals surface area contributed by atoms with Crippen molar-refractivity contribution in [2.45, 2.75) is 57.3 Å². The predicted octanol–water partition coefficient (Wildman–Crippen LogP) is -2.61. The highest BCUT2D eigenvalue weighted by atomic mass is 16.4. The van der Waals surface area contributed by atoms with Crippen molar-refractivity contribution in [1.29, 1.82) is 0 Å². The predicted molar refractivity (Wildman–Crippen MR) is 97.8 cm³/mol. The molecule has 1 rings (SSSR count). The number of aliphatic hydroxyl groups is 2. The molecule has 1 saturated heterocycles. The first-order chi connectivity index (χ1) is 13.2. The fourth-order valence-electron chi connectivity index (χ4n) is 2.99. The standard InChI is InChI=1S/C17H30N4O7/c1-3-9(2)13(15(25)19-11(8-23)17(27)28)20-14(24)12-5-4-6-21(12)16(26)10(18)7-22/h9-13,22-23H,3-8,18H2,1-2H3,(H,19,25)(H,20,24)(H,27,28). The zero-order valence-electron chi connectivity index (χ0n) is 16.1. The van der Waals surface area contributed by atoms with E-state index in [9.17, 15) is 19.2 Å². The summed E-state index contributed by atoms with van der Waals surface area (Å²) in [6.07, 6.45) is 1.49. The largest absolute Gasteiger partial charge is 0.480 e. The van der Waals surface area contributed by atoms with Crippen LogP contribution >= 0.6 is 0 Å². The van der Waals surface area contributed by atoms with E-state index in [2.05, 4.69) is 10.6 Å². The lowest BCUT2D eigenvalue weighted by atomic mass is 9.97. The molecule has 7 N–H and O–H groups in total. The van der Waals surface area contributed by atoms with Crippen molar-refractivity contribution in [1.82, 2.24) is 15.5 Å². The molecule has 0 spiro atoms. The summed E-state index contributed by atoms with van der Waals surface area (Å²) >= 11 is 0. The minimum absolute atomic E-state index is 0.316. The molecule has 0 aromatic carbocycles. The molecule has 0 aromatic rings. The van der Waals surface area contributed by atoms with E-state index in [0.29, 0.717) is 25.8 Å². The van der Waals surface area contributed by atoms with E-state index in [1.54, 1.807) is 6.92 Å². The summed E-state index contributed by atoms with van der Waals surface area (Å²) in [5.41, 5.74) is 5.56. The van der Waals surface area contributed by atoms with Crippen LogP contribution in [-0.4, -0.2) is 87.8 Å². The number of carbonyl (C=O) groups is 4. The van der Waals surface area contributed by atoms with E-state index in [-0.39, 0.29) is 5.92 Å². The third kappa shape index (κ3) is 5.88. The van der Waals surface area contributed by atoms with E-state index in [1.807, 2.05) is 6.92 Å². The number of aliphatic hydroxyl groups excluding tert-OH is 2. The monoisotopic (exact) mass is 402 g/mol. The third-order valence-electron chi connectivity index (χ3n) is 4.94. The van der Waals surface area contributed by atoms with Gasteiger partial charge in [0.2, 0.25) is 17.7 Å². The second kappa shape index (κ2) is 10.9. The molecule has 0 aromatic heterocycles. The van der Waals surface area contributed by atoms with Crippen molar-refractivity contribution in [3.05, 3.63) is 0 Å². The zero-order chi connectivity index (χ0) is 21.4. The fraction of sp³-hybridized carbons (Fsp3) is 0.765. The Labute approximate surface area is 163 Å². The van der Waals surface area contributed by atoms with Gasteiger partial charge in [0.1, 0.15) is 24.2 Å². The number of amides is 3. The summed E-state index contributed by atoms with van der Waals surface area (Å²) in [7, 11) is 0. The van der Waals surface area contributed by atoms with Crippen molar-refractivity contribution >= 4 is 23.7 Å². The normalized spacial score (nSPS) is 20.8. The van der Waals surface area contributed by atoms with Gasteiger partial charge < -0.3 is 36.6 Å². The van der Waals surface area contributed by atoms with Crippen LogP contribution in [0.5, 0.6) is 0 Å². The molecule has 3 amide bonds. The molecule has 160 valence electrons. The van der Waals surface area contributed by atoms with Gasteiger partial charge in [-0.15, -0.1) is 0 Å². The summed E-state index contributed by atoms with van der Waals surface area (Å²) in [6.45, 7) is 2.52. The van der Waals surface area contributed by atoms with Crippen LogP contribution in [0.15, 0.2) is 0 Å². The Bertz CT molecular complexity index is 586. The highest BCUT2D eigenvalue weighted by Crippen LogP contribution is 2.19. The summed E-state index contributed by atoms with van der Waals surface area (Å²) in [5, 5.41) is 31.9. The first-order valence-electron chi connectivity index (χ1n) is 9.29. The molecule has 5 atom stereocenters. The van der Waals surface area contributed by atoms with Crippen molar-refractivity contribution < 1.29 is 34.5 Å². The van der Waals surface area contributed by atoms with E-state index in [1.165, 1.54) is 4.90 Å². The summed E-state index contributed by atoms with van der Waals surface area (Å²) in [6, 6.07) is -4.46. The molecule has 1 heterocycles. The summed E-state index contributed by atoms with van der Waals surface area (Å²) < 4.78 is 0. The minimum atomic E-state index is -1.48. The van der Waals surface area contributed by atoms with Gasteiger partial charge in [0.15, 0.2) is 0 Å². The van der Waals surface area contributed by atoms with Crippen LogP contribution in [0.4, 0.5) is 0 Å². The van der Waals surface area contributed by atoms with E-state index in [4.69, 9.17) is 21.1 Å². The number of rotatable bonds is 10. The maximum absolute atomic E-state index is 12.7. The maximum Gasteiger partial charge on any atom is 0.328 e. The maximum atomic E-state index is 12.7. The average molecular weight is 402 g/mol. The van der Waals surface area contributed by atoms with Gasteiger partial charge in [-0.2, -0.15) is 0 Å². The van der Waals surface area contributed by atoms with Gasteiger partial charge in [0.25, 0.3) is 0 Å². The molecule has 0 aliphatic carbocycles. The lowest BCUT2D eigenvalue weighted by Crippen LogP contribution is -2.58. The Morgan fingerprint density at radius 2 is 1.82 bits per heavy atom. The average Bonchev–Trinajstić information content (AvgIpc) is 3.17. The van der Waals surface area contributed by atoms with Crippen LogP contribution < -0.4 is 16.4 Å². The Balaban J connectivity index is 2.90. The number of carboxylic acid groups (broad SMARTS) is 1. The SMILES string of the molecule is CCC(C)C(NC(=O)C1CCCN1C(=O)C(N)CO)C(=O)NC(CO)C(=O)O. The molecule has 0 bridgehead atoms. The van der Waals surface area contributed by atoms with Crippen LogP contribution in [0.2, 0.25) is 0 Å². The highest BCUT2D eigenvalue weighted by Gasteiger charge is 2.38. The molecule has 0 radical (unpaired) electrons. The van der Waals surface area contributed by atoms with Crippen LogP contribution in [0.1, 0.15) is 33.1 Å². The lowest BCUT2D eigenvalue weighted by Gasteiger charge is -2.30. The molecular weight excluding hydrogens is 372 g/mol. The second-order valence-corrected chi connectivity index (χ2v) is 6.93. The molecular formula is C17H30N4O7. The second-order valence-electron chi connectivity index (χ2n) is 6.93. The van der Waals surface area contributed by atoms with Gasteiger partial charge in [-0.25, -0.2) is 4.79 Å². The topological polar surface area (TPSA) is 182 Å². The lowest BCUT2D eigenvalue weighted by molar-refractivity contribution is -0.144. The number of nitrogens with one attached hydrogen (secondary N) is 2. The van der Waals surface area contributed by atoms with Gasteiger partial charge in [-0.1, -0.05) is 20.3 Å². The Hall–Kier alpha value is -2.24. The van der Waals surface area contributed by atoms with Crippen molar-refractivity contribution in [3.8, 4) is 0 Å². The number of carboxylic acids is 1. The number of hydrogen-bond acceptors (Lipinski definition) is 7. The third-order valence-corrected chi connectivity index (χ3v) is 4.94. The molecule has 1 aliphatic rings. The molecule has 28 heavy (non-hydrogen) atoms. The van der Waals surface area contributed by atoms with E-state index < -0.39 is 61.1 Å². The first-order valence-corrected chi connectivity index (χ1v) is 9.29. The molecule has 0 saturated carbocycles. The molecule has 11 nitrogen and oxygen atoms in total. The van der Waals surface area contributed by atoms with Crippen LogP contribution in [0, 0.1) is 5.92 Å². The minimum Gasteiger partial charge on any atom is -0.480 e. The van der Waals surface area contributed by atoms with Gasteiger partial charge in [0, 0.05) is 6.54 Å². The summed E-state index contributed by atoms with van der Waals surface area (Å²) in [5.74, 6) is -3.53. The Kier molecular flexibility index (Phi) is 9.29. The smallest absolute Gasteiger partial charge is 0.328 e. The van der Waals surface area contributed by atoms with E-state index in [0.717, 1.165) is 0 Å². The van der Waals surface area contributed by atoms with Crippen molar-refractivity contribution in [2.24, 2.45) is 11.7 Å². The number of nitrogens with zero attached hydrogens (tertiary/aromatic N) is 1. The fourth-order valence-corrected chi connectivity index (χ4v) is 2.99. The molecule has 5 unspecified atom stereocenters. The number of carbonyl (C=O) groups excluding carboxylic acids is 3. The number of nitrogens with two attached hydrogens (primary N) is 1. The zero-order valence-corrected chi connectivity index (χ0v) is 16.1. The van der Waals surface area contributed by atoms with Crippen molar-refractivity contribution in [3.63, 3.8) is 0 Å². The molecule has 11 heteroatoms. The van der Waals surface area contributed by atoms with Crippen molar-refractivity contribution in [2.75, 3.05) is 19.8 Å². The number of aliphatic carboxylic acids is 1. The Morgan fingerprint density at radius 3 is 2.32 bits per heavy atom. The highest BCUT2D eigenvalue weighted by molar-refractivity contribution is 5.94. The molecule has 1 fully saturated rings. The Morgan fingerprint density at radius 1 is 1.18 bits per heavy atom. The summed E-state index contributed by atoms with van der Waals surface area (Å²) in [4.78, 5) is 49.8. The molecule has 1 aliphatic heterocycles. The van der Waals surface area contributed by atoms with Gasteiger partial charge >= 0.3 is 5.97 Å². The quantitative estimate of drug-likeness (QED) is 0.230. The first kappa shape index (κ1) is 23.8. The van der Waals surface area contributed by atoms with Gasteiger partial charge in [-0.3, -0.25) is 14.4 Å². The van der Waals surface area contributed by atoms with Crippen LogP contribution in [0.25, 0.3) is 0 Å². The van der Waals surface area contributed by atoms with E-state index >= 15 is 0 Å². The number of likely N-dealkylation sites (tertiary alicyclic amines) is 1. The van der Waals surface area contributed by atoms with Gasteiger partial charge in [-0.05, 0) is 18.8 Å². The number of hydrogen-bond donors (Lipinski definition) is 6.